The van der Waals surface area contributed by atoms with Crippen LogP contribution in [0, 0.1) is 0 Å². The Morgan fingerprint density at radius 3 is 2.94 bits per heavy atom. The summed E-state index contributed by atoms with van der Waals surface area (Å²) in [6, 6.07) is 8.27. The van der Waals surface area contributed by atoms with E-state index in [4.69, 9.17) is 4.42 Å². The molecule has 3 heteroatoms. The first kappa shape index (κ1) is 10.9. The lowest BCUT2D eigenvalue weighted by Gasteiger charge is -2.15. The second kappa shape index (κ2) is 5.47. The summed E-state index contributed by atoms with van der Waals surface area (Å²) in [5, 5.41) is 3.43. The molecule has 84 valence electrons. The molecule has 2 rings (SSSR count). The van der Waals surface area contributed by atoms with E-state index in [1.807, 2.05) is 30.5 Å². The van der Waals surface area contributed by atoms with E-state index in [-0.39, 0.29) is 6.04 Å². The fourth-order valence-corrected chi connectivity index (χ4v) is 1.76. The largest absolute Gasteiger partial charge is 0.472 e. The van der Waals surface area contributed by atoms with Crippen LogP contribution < -0.4 is 5.32 Å². The molecule has 2 aromatic heterocycles. The number of furan rings is 1. The molecule has 0 bridgehead atoms. The zero-order valence-corrected chi connectivity index (χ0v) is 9.39. The van der Waals surface area contributed by atoms with Gasteiger partial charge in [0.15, 0.2) is 0 Å². The molecule has 0 saturated heterocycles. The van der Waals surface area contributed by atoms with Crippen LogP contribution in [0.4, 0.5) is 0 Å². The van der Waals surface area contributed by atoms with Crippen molar-refractivity contribution < 1.29 is 4.42 Å². The smallest absolute Gasteiger partial charge is 0.0950 e. The van der Waals surface area contributed by atoms with Crippen LogP contribution in [0.25, 0.3) is 0 Å². The highest BCUT2D eigenvalue weighted by molar-refractivity contribution is 5.16. The van der Waals surface area contributed by atoms with E-state index in [0.29, 0.717) is 0 Å². The zero-order chi connectivity index (χ0) is 11.2. The number of hydrogen-bond acceptors (Lipinski definition) is 3. The fraction of sp³-hybridized carbons (Fsp3) is 0.308. The Morgan fingerprint density at radius 1 is 1.38 bits per heavy atom. The highest BCUT2D eigenvalue weighted by Gasteiger charge is 2.12. The topological polar surface area (TPSA) is 38.1 Å². The van der Waals surface area contributed by atoms with Gasteiger partial charge in [-0.05, 0) is 24.7 Å². The van der Waals surface area contributed by atoms with Crippen LogP contribution in [-0.2, 0) is 6.42 Å². The maximum atomic E-state index is 5.12. The third-order valence-electron chi connectivity index (χ3n) is 2.54. The summed E-state index contributed by atoms with van der Waals surface area (Å²) in [6.45, 7) is 3.04. The van der Waals surface area contributed by atoms with Gasteiger partial charge in [0.05, 0.1) is 12.5 Å². The first-order valence-corrected chi connectivity index (χ1v) is 5.55. The molecular weight excluding hydrogens is 200 g/mol. The van der Waals surface area contributed by atoms with Crippen LogP contribution in [0.15, 0.2) is 47.4 Å². The van der Waals surface area contributed by atoms with Gasteiger partial charge >= 0.3 is 0 Å². The predicted octanol–water partition coefficient (Wildman–Crippen LogP) is 2.57. The minimum absolute atomic E-state index is 0.277. The molecule has 1 atom stereocenters. The van der Waals surface area contributed by atoms with E-state index in [1.54, 1.807) is 12.5 Å². The van der Waals surface area contributed by atoms with Crippen molar-refractivity contribution in [2.45, 2.75) is 19.4 Å². The average Bonchev–Trinajstić information content (AvgIpc) is 2.83. The number of nitrogens with one attached hydrogen (secondary N) is 1. The summed E-state index contributed by atoms with van der Waals surface area (Å²) in [5.74, 6) is 0. The number of pyridine rings is 1. The van der Waals surface area contributed by atoms with Gasteiger partial charge in [-0.1, -0.05) is 13.0 Å². The maximum Gasteiger partial charge on any atom is 0.0950 e. The van der Waals surface area contributed by atoms with Crippen LogP contribution >= 0.6 is 0 Å². The molecule has 0 spiro atoms. The van der Waals surface area contributed by atoms with Crippen molar-refractivity contribution in [2.75, 3.05) is 6.54 Å². The fourth-order valence-electron chi connectivity index (χ4n) is 1.76. The molecular formula is C13H16N2O. The standard InChI is InChI=1S/C13H16N2O/c1-2-14-13(11-6-8-16-10-11)9-12-5-3-4-7-15-12/h3-8,10,13-14H,2,9H2,1H3. The number of likely N-dealkylation sites (N-methyl/N-ethyl adjacent to an activating group) is 1. The molecule has 0 fully saturated rings. The van der Waals surface area contributed by atoms with Crippen molar-refractivity contribution in [1.82, 2.24) is 10.3 Å². The minimum atomic E-state index is 0.277. The van der Waals surface area contributed by atoms with Gasteiger partial charge in [0.1, 0.15) is 0 Å². The van der Waals surface area contributed by atoms with Gasteiger partial charge in [-0.3, -0.25) is 4.98 Å². The average molecular weight is 216 g/mol. The Hall–Kier alpha value is -1.61. The quantitative estimate of drug-likeness (QED) is 0.834. The van der Waals surface area contributed by atoms with Crippen molar-refractivity contribution in [1.29, 1.82) is 0 Å². The van der Waals surface area contributed by atoms with Gasteiger partial charge in [-0.2, -0.15) is 0 Å². The first-order chi connectivity index (χ1) is 7.90. The molecule has 3 nitrogen and oxygen atoms in total. The summed E-state index contributed by atoms with van der Waals surface area (Å²) in [5.41, 5.74) is 2.27. The molecule has 1 N–H and O–H groups in total. The highest BCUT2D eigenvalue weighted by atomic mass is 16.3. The Kier molecular flexibility index (Phi) is 3.72. The van der Waals surface area contributed by atoms with Crippen molar-refractivity contribution in [3.05, 3.63) is 54.2 Å². The maximum absolute atomic E-state index is 5.12. The van der Waals surface area contributed by atoms with E-state index in [2.05, 4.69) is 17.2 Å². The van der Waals surface area contributed by atoms with Crippen LogP contribution in [0.5, 0.6) is 0 Å². The molecule has 16 heavy (non-hydrogen) atoms. The lowest BCUT2D eigenvalue weighted by molar-refractivity contribution is 0.521. The van der Waals surface area contributed by atoms with Gasteiger partial charge in [0, 0.05) is 29.9 Å². The van der Waals surface area contributed by atoms with E-state index < -0.39 is 0 Å². The van der Waals surface area contributed by atoms with Gasteiger partial charge < -0.3 is 9.73 Å². The Morgan fingerprint density at radius 2 is 2.31 bits per heavy atom. The summed E-state index contributed by atoms with van der Waals surface area (Å²) in [6.07, 6.45) is 6.20. The summed E-state index contributed by atoms with van der Waals surface area (Å²) < 4.78 is 5.12. The van der Waals surface area contributed by atoms with Crippen LogP contribution in [0.2, 0.25) is 0 Å². The van der Waals surface area contributed by atoms with E-state index in [1.165, 1.54) is 5.56 Å². The summed E-state index contributed by atoms with van der Waals surface area (Å²) in [7, 11) is 0. The zero-order valence-electron chi connectivity index (χ0n) is 9.39. The van der Waals surface area contributed by atoms with Gasteiger partial charge in [-0.25, -0.2) is 0 Å². The first-order valence-electron chi connectivity index (χ1n) is 5.55. The molecule has 0 saturated carbocycles. The minimum Gasteiger partial charge on any atom is -0.472 e. The molecule has 0 amide bonds. The number of hydrogen-bond donors (Lipinski definition) is 1. The Labute approximate surface area is 95.5 Å². The highest BCUT2D eigenvalue weighted by Crippen LogP contribution is 2.17. The Balaban J connectivity index is 2.09. The van der Waals surface area contributed by atoms with E-state index in [0.717, 1.165) is 18.7 Å². The van der Waals surface area contributed by atoms with E-state index >= 15 is 0 Å². The van der Waals surface area contributed by atoms with Crippen LogP contribution in [-0.4, -0.2) is 11.5 Å². The Bertz CT molecular complexity index is 397. The van der Waals surface area contributed by atoms with Crippen LogP contribution in [0.1, 0.15) is 24.2 Å². The molecule has 0 aliphatic heterocycles. The van der Waals surface area contributed by atoms with Crippen molar-refractivity contribution in [3.63, 3.8) is 0 Å². The third-order valence-corrected chi connectivity index (χ3v) is 2.54. The van der Waals surface area contributed by atoms with Gasteiger partial charge in [-0.15, -0.1) is 0 Å². The molecule has 0 aliphatic carbocycles. The van der Waals surface area contributed by atoms with E-state index in [9.17, 15) is 0 Å². The molecule has 0 radical (unpaired) electrons. The monoisotopic (exact) mass is 216 g/mol. The van der Waals surface area contributed by atoms with Gasteiger partial charge in [0.2, 0.25) is 0 Å². The molecule has 1 unspecified atom stereocenters. The van der Waals surface area contributed by atoms with Crippen molar-refractivity contribution >= 4 is 0 Å². The number of aromatic nitrogens is 1. The van der Waals surface area contributed by atoms with Crippen molar-refractivity contribution in [2.24, 2.45) is 0 Å². The normalized spacial score (nSPS) is 12.6. The lowest BCUT2D eigenvalue weighted by atomic mass is 10.0. The summed E-state index contributed by atoms with van der Waals surface area (Å²) >= 11 is 0. The number of rotatable bonds is 5. The predicted molar refractivity (Wildman–Crippen MR) is 63.1 cm³/mol. The molecule has 0 aromatic carbocycles. The molecule has 2 heterocycles. The molecule has 0 aliphatic rings. The SMILES string of the molecule is CCNC(Cc1ccccn1)c1ccoc1. The second-order valence-corrected chi connectivity index (χ2v) is 3.69. The van der Waals surface area contributed by atoms with Crippen molar-refractivity contribution in [3.8, 4) is 0 Å². The summed E-state index contributed by atoms with van der Waals surface area (Å²) in [4.78, 5) is 4.34. The lowest BCUT2D eigenvalue weighted by Crippen LogP contribution is -2.22. The third kappa shape index (κ3) is 2.70. The number of nitrogens with zero attached hydrogens (tertiary/aromatic N) is 1. The second-order valence-electron chi connectivity index (χ2n) is 3.69. The molecule has 2 aromatic rings. The van der Waals surface area contributed by atoms with Crippen LogP contribution in [0.3, 0.4) is 0 Å². The van der Waals surface area contributed by atoms with Gasteiger partial charge in [0.25, 0.3) is 0 Å².